The van der Waals surface area contributed by atoms with Crippen LogP contribution in [-0.4, -0.2) is 31.2 Å². The van der Waals surface area contributed by atoms with Gasteiger partial charge < -0.3 is 14.4 Å². The van der Waals surface area contributed by atoms with Crippen LogP contribution in [0.1, 0.15) is 5.56 Å². The van der Waals surface area contributed by atoms with Gasteiger partial charge in [0.25, 0.3) is 0 Å². The zero-order valence-corrected chi connectivity index (χ0v) is 11.3. The van der Waals surface area contributed by atoms with Gasteiger partial charge >= 0.3 is 0 Å². The van der Waals surface area contributed by atoms with Crippen LogP contribution < -0.4 is 14.4 Å². The fourth-order valence-corrected chi connectivity index (χ4v) is 1.77. The maximum atomic E-state index is 5.33. The molecule has 0 saturated heterocycles. The average molecular weight is 259 g/mol. The van der Waals surface area contributed by atoms with E-state index in [1.54, 1.807) is 26.6 Å². The summed E-state index contributed by atoms with van der Waals surface area (Å²) >= 11 is 0. The normalized spacial score (nSPS) is 10.1. The van der Waals surface area contributed by atoms with Crippen LogP contribution in [0.3, 0.4) is 0 Å². The minimum Gasteiger partial charge on any atom is -0.496 e. The Hall–Kier alpha value is -2.30. The van der Waals surface area contributed by atoms with Crippen LogP contribution in [-0.2, 0) is 6.54 Å². The summed E-state index contributed by atoms with van der Waals surface area (Å²) in [5, 5.41) is 0. The number of ether oxygens (including phenoxy) is 2. The maximum Gasteiger partial charge on any atom is 0.225 e. The van der Waals surface area contributed by atoms with Crippen molar-refractivity contribution in [2.24, 2.45) is 0 Å². The number of para-hydroxylation sites is 1. The first-order chi connectivity index (χ1) is 9.24. The SMILES string of the molecule is COc1cnc(N(C)Cc2ccccc2OC)nc1. The summed E-state index contributed by atoms with van der Waals surface area (Å²) < 4.78 is 10.4. The van der Waals surface area contributed by atoms with E-state index >= 15 is 0 Å². The van der Waals surface area contributed by atoms with Gasteiger partial charge in [-0.05, 0) is 6.07 Å². The second kappa shape index (κ2) is 6.04. The van der Waals surface area contributed by atoms with Gasteiger partial charge in [0.05, 0.1) is 26.6 Å². The smallest absolute Gasteiger partial charge is 0.225 e. The molecule has 0 aliphatic rings. The highest BCUT2D eigenvalue weighted by atomic mass is 16.5. The summed E-state index contributed by atoms with van der Waals surface area (Å²) in [6.07, 6.45) is 3.31. The van der Waals surface area contributed by atoms with Crippen LogP contribution in [0.25, 0.3) is 0 Å². The molecule has 0 unspecified atom stereocenters. The molecule has 0 bridgehead atoms. The Morgan fingerprint density at radius 1 is 1.05 bits per heavy atom. The summed E-state index contributed by atoms with van der Waals surface area (Å²) in [6, 6.07) is 7.91. The van der Waals surface area contributed by atoms with Crippen molar-refractivity contribution in [1.29, 1.82) is 0 Å². The second-order valence-electron chi connectivity index (χ2n) is 4.09. The predicted octanol–water partition coefficient (Wildman–Crippen LogP) is 2.13. The van der Waals surface area contributed by atoms with Gasteiger partial charge in [-0.2, -0.15) is 0 Å². The third-order valence-corrected chi connectivity index (χ3v) is 2.79. The van der Waals surface area contributed by atoms with Gasteiger partial charge in [-0.1, -0.05) is 18.2 Å². The largest absolute Gasteiger partial charge is 0.496 e. The highest BCUT2D eigenvalue weighted by Gasteiger charge is 2.08. The van der Waals surface area contributed by atoms with Crippen LogP contribution in [0.4, 0.5) is 5.95 Å². The molecule has 5 heteroatoms. The lowest BCUT2D eigenvalue weighted by Gasteiger charge is -2.18. The summed E-state index contributed by atoms with van der Waals surface area (Å²) in [5.74, 6) is 2.16. The summed E-state index contributed by atoms with van der Waals surface area (Å²) in [4.78, 5) is 10.5. The van der Waals surface area contributed by atoms with Crippen LogP contribution in [0.2, 0.25) is 0 Å². The van der Waals surface area contributed by atoms with Crippen LogP contribution in [0, 0.1) is 0 Å². The number of methoxy groups -OCH3 is 2. The lowest BCUT2D eigenvalue weighted by atomic mass is 10.2. The Labute approximate surface area is 112 Å². The number of hydrogen-bond donors (Lipinski definition) is 0. The quantitative estimate of drug-likeness (QED) is 0.823. The van der Waals surface area contributed by atoms with E-state index in [9.17, 15) is 0 Å². The Morgan fingerprint density at radius 2 is 1.74 bits per heavy atom. The molecule has 0 aliphatic heterocycles. The third kappa shape index (κ3) is 3.13. The predicted molar refractivity (Wildman–Crippen MR) is 73.7 cm³/mol. The van der Waals surface area contributed by atoms with Gasteiger partial charge in [-0.25, -0.2) is 9.97 Å². The molecule has 1 aromatic heterocycles. The molecular weight excluding hydrogens is 242 g/mol. The van der Waals surface area contributed by atoms with E-state index in [1.807, 2.05) is 36.2 Å². The van der Waals surface area contributed by atoms with Crippen molar-refractivity contribution < 1.29 is 9.47 Å². The van der Waals surface area contributed by atoms with E-state index in [1.165, 1.54) is 0 Å². The topological polar surface area (TPSA) is 47.5 Å². The van der Waals surface area contributed by atoms with Gasteiger partial charge in [0.1, 0.15) is 5.75 Å². The average Bonchev–Trinajstić information content (AvgIpc) is 2.48. The van der Waals surface area contributed by atoms with Gasteiger partial charge in [0.15, 0.2) is 5.75 Å². The van der Waals surface area contributed by atoms with E-state index < -0.39 is 0 Å². The second-order valence-corrected chi connectivity index (χ2v) is 4.09. The lowest BCUT2D eigenvalue weighted by Crippen LogP contribution is -2.19. The maximum absolute atomic E-state index is 5.33. The lowest BCUT2D eigenvalue weighted by molar-refractivity contribution is 0.408. The first-order valence-corrected chi connectivity index (χ1v) is 5.93. The number of benzene rings is 1. The molecule has 0 N–H and O–H groups in total. The van der Waals surface area contributed by atoms with Crippen molar-refractivity contribution >= 4 is 5.95 Å². The molecule has 2 aromatic rings. The van der Waals surface area contributed by atoms with Crippen molar-refractivity contribution in [1.82, 2.24) is 9.97 Å². The number of nitrogens with zero attached hydrogens (tertiary/aromatic N) is 3. The first kappa shape index (κ1) is 13.1. The molecule has 0 amide bonds. The third-order valence-electron chi connectivity index (χ3n) is 2.79. The summed E-state index contributed by atoms with van der Waals surface area (Å²) in [6.45, 7) is 0.677. The van der Waals surface area contributed by atoms with E-state index in [2.05, 4.69) is 9.97 Å². The molecule has 19 heavy (non-hydrogen) atoms. The van der Waals surface area contributed by atoms with Crippen molar-refractivity contribution in [2.75, 3.05) is 26.2 Å². The monoisotopic (exact) mass is 259 g/mol. The highest BCUT2D eigenvalue weighted by Crippen LogP contribution is 2.20. The zero-order valence-electron chi connectivity index (χ0n) is 11.3. The molecule has 1 aromatic carbocycles. The molecule has 0 spiro atoms. The molecule has 0 atom stereocenters. The van der Waals surface area contributed by atoms with Crippen molar-refractivity contribution in [3.63, 3.8) is 0 Å². The van der Waals surface area contributed by atoms with Gasteiger partial charge in [0.2, 0.25) is 5.95 Å². The number of anilines is 1. The fourth-order valence-electron chi connectivity index (χ4n) is 1.77. The molecule has 2 rings (SSSR count). The standard InChI is InChI=1S/C14H17N3O2/c1-17(14-15-8-12(18-2)9-16-14)10-11-6-4-5-7-13(11)19-3/h4-9H,10H2,1-3H3. The molecule has 0 radical (unpaired) electrons. The van der Waals surface area contributed by atoms with E-state index in [0.717, 1.165) is 11.3 Å². The minimum atomic E-state index is 0.645. The number of hydrogen-bond acceptors (Lipinski definition) is 5. The molecular formula is C14H17N3O2. The van der Waals surface area contributed by atoms with E-state index in [-0.39, 0.29) is 0 Å². The Morgan fingerprint density at radius 3 is 2.37 bits per heavy atom. The summed E-state index contributed by atoms with van der Waals surface area (Å²) in [7, 11) is 5.20. The Bertz CT molecular complexity index is 528. The fraction of sp³-hybridized carbons (Fsp3) is 0.286. The molecule has 5 nitrogen and oxygen atoms in total. The van der Waals surface area contributed by atoms with E-state index in [4.69, 9.17) is 9.47 Å². The van der Waals surface area contributed by atoms with E-state index in [0.29, 0.717) is 18.2 Å². The van der Waals surface area contributed by atoms with Crippen LogP contribution in [0.15, 0.2) is 36.7 Å². The minimum absolute atomic E-state index is 0.645. The molecule has 0 aliphatic carbocycles. The number of rotatable bonds is 5. The molecule has 1 heterocycles. The summed E-state index contributed by atoms with van der Waals surface area (Å²) in [5.41, 5.74) is 1.09. The number of aromatic nitrogens is 2. The van der Waals surface area contributed by atoms with Crippen molar-refractivity contribution in [3.05, 3.63) is 42.2 Å². The molecule has 100 valence electrons. The van der Waals surface area contributed by atoms with Crippen LogP contribution >= 0.6 is 0 Å². The Kier molecular flexibility index (Phi) is 4.18. The highest BCUT2D eigenvalue weighted by molar-refractivity contribution is 5.38. The van der Waals surface area contributed by atoms with Gasteiger partial charge in [-0.15, -0.1) is 0 Å². The van der Waals surface area contributed by atoms with Crippen molar-refractivity contribution in [3.8, 4) is 11.5 Å². The Balaban J connectivity index is 2.13. The van der Waals surface area contributed by atoms with Gasteiger partial charge in [0, 0.05) is 19.2 Å². The van der Waals surface area contributed by atoms with Gasteiger partial charge in [-0.3, -0.25) is 0 Å². The molecule has 0 fully saturated rings. The first-order valence-electron chi connectivity index (χ1n) is 5.93. The zero-order chi connectivity index (χ0) is 13.7. The van der Waals surface area contributed by atoms with Crippen LogP contribution in [0.5, 0.6) is 11.5 Å². The van der Waals surface area contributed by atoms with Crippen molar-refractivity contribution in [2.45, 2.75) is 6.54 Å². The molecule has 0 saturated carbocycles.